The highest BCUT2D eigenvalue weighted by atomic mass is 79.9. The second kappa shape index (κ2) is 4.80. The number of fused-ring (bicyclic) bond motifs is 1. The summed E-state index contributed by atoms with van der Waals surface area (Å²) < 4.78 is 0. The third-order valence-corrected chi connectivity index (χ3v) is 4.15. The van der Waals surface area contributed by atoms with E-state index in [1.807, 2.05) is 31.3 Å². The van der Waals surface area contributed by atoms with E-state index >= 15 is 0 Å². The second-order valence-electron chi connectivity index (χ2n) is 4.92. The van der Waals surface area contributed by atoms with E-state index in [1.54, 1.807) is 0 Å². The molecule has 1 aromatic carbocycles. The summed E-state index contributed by atoms with van der Waals surface area (Å²) in [5.74, 6) is 1.46. The summed E-state index contributed by atoms with van der Waals surface area (Å²) >= 11 is 3.62. The van der Waals surface area contributed by atoms with Crippen LogP contribution in [0, 0.1) is 5.92 Å². The lowest BCUT2D eigenvalue weighted by Crippen LogP contribution is -2.35. The quantitative estimate of drug-likeness (QED) is 0.818. The van der Waals surface area contributed by atoms with Crippen molar-refractivity contribution < 1.29 is 0 Å². The van der Waals surface area contributed by atoms with Gasteiger partial charge in [-0.2, -0.15) is 0 Å². The highest BCUT2D eigenvalue weighted by Crippen LogP contribution is 2.33. The first-order chi connectivity index (χ1) is 8.72. The number of hydrogen-bond acceptors (Lipinski definition) is 4. The molecule has 4 nitrogen and oxygen atoms in total. The molecule has 1 aliphatic rings. The molecule has 0 N–H and O–H groups in total. The van der Waals surface area contributed by atoms with Gasteiger partial charge in [0.05, 0.1) is 5.52 Å². The van der Waals surface area contributed by atoms with Gasteiger partial charge in [-0.25, -0.2) is 4.98 Å². The van der Waals surface area contributed by atoms with E-state index in [0.717, 1.165) is 23.5 Å². The molecular formula is C13H15BrN4. The molecule has 2 aromatic rings. The zero-order valence-corrected chi connectivity index (χ0v) is 11.8. The molecule has 1 fully saturated rings. The van der Waals surface area contributed by atoms with Crippen molar-refractivity contribution in [2.45, 2.75) is 17.7 Å². The number of alkyl halides is 1. The predicted octanol–water partition coefficient (Wildman–Crippen LogP) is 2.63. The number of anilines is 1. The molecule has 0 bridgehead atoms. The molecule has 0 amide bonds. The van der Waals surface area contributed by atoms with Crippen molar-refractivity contribution in [3.05, 3.63) is 24.3 Å². The molecule has 3 rings (SSSR count). The van der Waals surface area contributed by atoms with Crippen LogP contribution < -0.4 is 4.90 Å². The molecule has 1 aliphatic carbocycles. The maximum absolute atomic E-state index is 4.55. The zero-order valence-electron chi connectivity index (χ0n) is 10.3. The molecule has 18 heavy (non-hydrogen) atoms. The summed E-state index contributed by atoms with van der Waals surface area (Å²) in [5, 5.41) is 8.40. The van der Waals surface area contributed by atoms with Crippen molar-refractivity contribution in [2.75, 3.05) is 18.5 Å². The largest absolute Gasteiger partial charge is 0.342 e. The van der Waals surface area contributed by atoms with Crippen molar-refractivity contribution in [3.63, 3.8) is 0 Å². The zero-order chi connectivity index (χ0) is 12.5. The average Bonchev–Trinajstić information content (AvgIpc) is 2.36. The van der Waals surface area contributed by atoms with Crippen molar-refractivity contribution in [2.24, 2.45) is 5.92 Å². The maximum Gasteiger partial charge on any atom is 0.245 e. The molecule has 0 radical (unpaired) electrons. The van der Waals surface area contributed by atoms with Crippen LogP contribution in [-0.4, -0.2) is 33.6 Å². The minimum atomic E-state index is 0.701. The van der Waals surface area contributed by atoms with Crippen molar-refractivity contribution >= 4 is 32.9 Å². The van der Waals surface area contributed by atoms with Gasteiger partial charge in [0.25, 0.3) is 0 Å². The first-order valence-electron chi connectivity index (χ1n) is 6.17. The Balaban J connectivity index is 1.76. The molecule has 1 aromatic heterocycles. The van der Waals surface area contributed by atoms with Gasteiger partial charge < -0.3 is 4.90 Å². The van der Waals surface area contributed by atoms with Crippen molar-refractivity contribution in [1.82, 2.24) is 15.2 Å². The predicted molar refractivity (Wildman–Crippen MR) is 76.0 cm³/mol. The van der Waals surface area contributed by atoms with Gasteiger partial charge in [0, 0.05) is 18.4 Å². The van der Waals surface area contributed by atoms with Crippen LogP contribution >= 0.6 is 15.9 Å². The Hall–Kier alpha value is -1.23. The average molecular weight is 307 g/mol. The number of rotatable bonds is 3. The molecule has 0 saturated heterocycles. The van der Waals surface area contributed by atoms with Gasteiger partial charge in [0.2, 0.25) is 5.95 Å². The van der Waals surface area contributed by atoms with Crippen molar-refractivity contribution in [3.8, 4) is 0 Å². The number of nitrogens with zero attached hydrogens (tertiary/aromatic N) is 4. The number of para-hydroxylation sites is 1. The van der Waals surface area contributed by atoms with Gasteiger partial charge in [0.1, 0.15) is 5.52 Å². The van der Waals surface area contributed by atoms with E-state index in [1.165, 1.54) is 12.8 Å². The fraction of sp³-hybridized carbons (Fsp3) is 0.462. The van der Waals surface area contributed by atoms with E-state index in [9.17, 15) is 0 Å². The monoisotopic (exact) mass is 306 g/mol. The van der Waals surface area contributed by atoms with Crippen LogP contribution in [0.4, 0.5) is 5.95 Å². The summed E-state index contributed by atoms with van der Waals surface area (Å²) in [5.41, 5.74) is 1.75. The SMILES string of the molecule is CN(CC1CC(Br)C1)c1nnc2ccccc2n1. The summed E-state index contributed by atoms with van der Waals surface area (Å²) in [6.07, 6.45) is 2.48. The van der Waals surface area contributed by atoms with Gasteiger partial charge >= 0.3 is 0 Å². The molecule has 5 heteroatoms. The first-order valence-corrected chi connectivity index (χ1v) is 7.08. The highest BCUT2D eigenvalue weighted by molar-refractivity contribution is 9.09. The van der Waals surface area contributed by atoms with Crippen LogP contribution in [0.25, 0.3) is 11.0 Å². The smallest absolute Gasteiger partial charge is 0.245 e. The van der Waals surface area contributed by atoms with Gasteiger partial charge in [0.15, 0.2) is 0 Å². The first kappa shape index (κ1) is 11.8. The van der Waals surface area contributed by atoms with E-state index in [2.05, 4.69) is 36.0 Å². The Morgan fingerprint density at radius 1 is 1.22 bits per heavy atom. The van der Waals surface area contributed by atoms with Crippen LogP contribution in [0.1, 0.15) is 12.8 Å². The molecule has 94 valence electrons. The van der Waals surface area contributed by atoms with Crippen LogP contribution in [0.3, 0.4) is 0 Å². The Kier molecular flexibility index (Phi) is 3.16. The lowest BCUT2D eigenvalue weighted by Gasteiger charge is -2.34. The summed E-state index contributed by atoms with van der Waals surface area (Å²) in [6.45, 7) is 1.00. The highest BCUT2D eigenvalue weighted by Gasteiger charge is 2.28. The summed E-state index contributed by atoms with van der Waals surface area (Å²) in [7, 11) is 2.04. The molecule has 0 aliphatic heterocycles. The van der Waals surface area contributed by atoms with E-state index < -0.39 is 0 Å². The van der Waals surface area contributed by atoms with Crippen LogP contribution in [-0.2, 0) is 0 Å². The molecule has 0 atom stereocenters. The molecule has 0 spiro atoms. The lowest BCUT2D eigenvalue weighted by atomic mass is 9.85. The summed E-state index contributed by atoms with van der Waals surface area (Å²) in [6, 6.07) is 7.83. The second-order valence-corrected chi connectivity index (χ2v) is 6.21. The third kappa shape index (κ3) is 2.32. The summed E-state index contributed by atoms with van der Waals surface area (Å²) in [4.78, 5) is 7.35. The third-order valence-electron chi connectivity index (χ3n) is 3.40. The molecule has 1 saturated carbocycles. The van der Waals surface area contributed by atoms with Gasteiger partial charge in [-0.3, -0.25) is 0 Å². The Labute approximate surface area is 115 Å². The number of hydrogen-bond donors (Lipinski definition) is 0. The van der Waals surface area contributed by atoms with Crippen LogP contribution in [0.5, 0.6) is 0 Å². The minimum absolute atomic E-state index is 0.701. The number of halogens is 1. The van der Waals surface area contributed by atoms with Gasteiger partial charge in [-0.1, -0.05) is 28.1 Å². The fourth-order valence-corrected chi connectivity index (χ4v) is 3.36. The van der Waals surface area contributed by atoms with Gasteiger partial charge in [-0.05, 0) is 30.9 Å². The van der Waals surface area contributed by atoms with E-state index in [-0.39, 0.29) is 0 Å². The number of aromatic nitrogens is 3. The molecule has 1 heterocycles. The normalized spacial score (nSPS) is 22.8. The Morgan fingerprint density at radius 3 is 2.67 bits per heavy atom. The maximum atomic E-state index is 4.55. The van der Waals surface area contributed by atoms with E-state index in [4.69, 9.17) is 0 Å². The Bertz CT molecular complexity index is 553. The minimum Gasteiger partial charge on any atom is -0.342 e. The standard InChI is InChI=1S/C13H15BrN4/c1-18(8-9-6-10(14)7-9)13-15-11-4-2-3-5-12(11)16-17-13/h2-5,9-10H,6-8H2,1H3. The molecule has 0 unspecified atom stereocenters. The topological polar surface area (TPSA) is 41.9 Å². The van der Waals surface area contributed by atoms with Crippen LogP contribution in [0.15, 0.2) is 24.3 Å². The molecular weight excluding hydrogens is 292 g/mol. The van der Waals surface area contributed by atoms with Gasteiger partial charge in [-0.15, -0.1) is 10.2 Å². The Morgan fingerprint density at radius 2 is 1.94 bits per heavy atom. The van der Waals surface area contributed by atoms with E-state index in [0.29, 0.717) is 10.8 Å². The fourth-order valence-electron chi connectivity index (χ4n) is 2.31. The van der Waals surface area contributed by atoms with Crippen molar-refractivity contribution in [1.29, 1.82) is 0 Å². The number of benzene rings is 1. The van der Waals surface area contributed by atoms with Crippen LogP contribution in [0.2, 0.25) is 0 Å². The lowest BCUT2D eigenvalue weighted by molar-refractivity contribution is 0.338.